The topological polar surface area (TPSA) is 89.3 Å². The van der Waals surface area contributed by atoms with Crippen LogP contribution >= 0.6 is 0 Å². The molecule has 1 N–H and O–H groups in total. The van der Waals surface area contributed by atoms with E-state index in [1.807, 2.05) is 84.5 Å². The number of nitrogens with zero attached hydrogens (tertiary/aromatic N) is 4. The Morgan fingerprint density at radius 1 is 1.06 bits per heavy atom. The summed E-state index contributed by atoms with van der Waals surface area (Å²) in [4.78, 5) is 31.7. The highest BCUT2D eigenvalue weighted by Gasteiger charge is 2.36. The molecule has 36 heavy (non-hydrogen) atoms. The molecule has 8 nitrogen and oxygen atoms in total. The predicted octanol–water partition coefficient (Wildman–Crippen LogP) is 4.00. The van der Waals surface area contributed by atoms with Crippen LogP contribution in [0.2, 0.25) is 0 Å². The number of hydrogen-bond acceptors (Lipinski definition) is 5. The van der Waals surface area contributed by atoms with Crippen LogP contribution in [0.1, 0.15) is 18.9 Å². The number of carbonyl (C=O) groups is 2. The molecule has 0 spiro atoms. The summed E-state index contributed by atoms with van der Waals surface area (Å²) in [6.07, 6.45) is 5.53. The van der Waals surface area contributed by atoms with Crippen LogP contribution in [0.15, 0.2) is 85.3 Å². The lowest BCUT2D eigenvalue weighted by Crippen LogP contribution is -2.32. The molecule has 182 valence electrons. The number of pyridine rings is 1. The van der Waals surface area contributed by atoms with Crippen molar-refractivity contribution in [2.24, 2.45) is 5.92 Å². The first-order chi connectivity index (χ1) is 17.6. The van der Waals surface area contributed by atoms with Crippen molar-refractivity contribution < 1.29 is 14.3 Å². The van der Waals surface area contributed by atoms with Gasteiger partial charge >= 0.3 is 0 Å². The number of anilines is 1. The van der Waals surface area contributed by atoms with Gasteiger partial charge in [0.2, 0.25) is 11.8 Å². The molecule has 0 saturated carbocycles. The second kappa shape index (κ2) is 10.4. The molecule has 1 atom stereocenters. The van der Waals surface area contributed by atoms with Crippen LogP contribution in [-0.2, 0) is 16.1 Å². The van der Waals surface area contributed by atoms with Gasteiger partial charge in [-0.2, -0.15) is 5.10 Å². The summed E-state index contributed by atoms with van der Waals surface area (Å²) < 4.78 is 7.49. The summed E-state index contributed by atoms with van der Waals surface area (Å²) in [5.74, 6) is -0.0463. The largest absolute Gasteiger partial charge is 0.492 e. The Morgan fingerprint density at radius 2 is 1.81 bits per heavy atom. The van der Waals surface area contributed by atoms with E-state index in [-0.39, 0.29) is 18.2 Å². The normalized spacial score (nSPS) is 15.2. The average molecular weight is 482 g/mol. The number of nitrogens with one attached hydrogen (secondary N) is 1. The number of carbonyl (C=O) groups excluding carboxylic acids is 2. The molecular formula is C28H27N5O3. The van der Waals surface area contributed by atoms with Crippen LogP contribution < -0.4 is 15.0 Å². The lowest BCUT2D eigenvalue weighted by atomic mass is 10.1. The third-order valence-electron chi connectivity index (χ3n) is 6.17. The molecule has 0 bridgehead atoms. The summed E-state index contributed by atoms with van der Waals surface area (Å²) >= 11 is 0. The third-order valence-corrected chi connectivity index (χ3v) is 6.17. The fraction of sp³-hybridized carbons (Fsp3) is 0.214. The molecule has 1 aliphatic heterocycles. The Labute approximate surface area is 209 Å². The van der Waals surface area contributed by atoms with E-state index < -0.39 is 5.92 Å². The minimum atomic E-state index is -0.444. The number of benzene rings is 2. The molecule has 3 heterocycles. The average Bonchev–Trinajstić information content (AvgIpc) is 3.53. The van der Waals surface area contributed by atoms with Crippen molar-refractivity contribution in [3.8, 4) is 22.7 Å². The predicted molar refractivity (Wildman–Crippen MR) is 137 cm³/mol. The first kappa shape index (κ1) is 23.3. The molecule has 2 amide bonds. The van der Waals surface area contributed by atoms with Gasteiger partial charge in [0.15, 0.2) is 0 Å². The number of rotatable bonds is 8. The molecule has 0 radical (unpaired) electrons. The zero-order valence-electron chi connectivity index (χ0n) is 20.0. The highest BCUT2D eigenvalue weighted by atomic mass is 16.5. The van der Waals surface area contributed by atoms with Crippen LogP contribution in [0.25, 0.3) is 16.9 Å². The maximum absolute atomic E-state index is 13.1. The summed E-state index contributed by atoms with van der Waals surface area (Å²) in [7, 11) is 0. The molecule has 1 aliphatic rings. The fourth-order valence-electron chi connectivity index (χ4n) is 4.41. The molecule has 1 unspecified atom stereocenters. The number of ether oxygens (including phenoxy) is 1. The summed E-state index contributed by atoms with van der Waals surface area (Å²) in [6, 6.07) is 21.0. The fourth-order valence-corrected chi connectivity index (χ4v) is 4.41. The maximum atomic E-state index is 13.1. The molecular weight excluding hydrogens is 454 g/mol. The van der Waals surface area contributed by atoms with Gasteiger partial charge in [-0.3, -0.25) is 14.6 Å². The van der Waals surface area contributed by atoms with E-state index in [1.165, 1.54) is 0 Å². The van der Waals surface area contributed by atoms with Crippen molar-refractivity contribution in [3.05, 3.63) is 90.9 Å². The Hall–Kier alpha value is -4.46. The van der Waals surface area contributed by atoms with Gasteiger partial charge in [0.1, 0.15) is 5.75 Å². The molecule has 8 heteroatoms. The maximum Gasteiger partial charge on any atom is 0.227 e. The van der Waals surface area contributed by atoms with Gasteiger partial charge in [-0.15, -0.1) is 0 Å². The highest BCUT2D eigenvalue weighted by molar-refractivity contribution is 6.01. The van der Waals surface area contributed by atoms with E-state index in [9.17, 15) is 9.59 Å². The van der Waals surface area contributed by atoms with Gasteiger partial charge < -0.3 is 15.0 Å². The Morgan fingerprint density at radius 3 is 2.58 bits per heavy atom. The van der Waals surface area contributed by atoms with Gasteiger partial charge in [-0.25, -0.2) is 4.68 Å². The van der Waals surface area contributed by atoms with E-state index in [1.54, 1.807) is 17.3 Å². The summed E-state index contributed by atoms with van der Waals surface area (Å²) in [5, 5.41) is 7.81. The highest BCUT2D eigenvalue weighted by Crippen LogP contribution is 2.33. The first-order valence-electron chi connectivity index (χ1n) is 12.0. The third kappa shape index (κ3) is 4.84. The van der Waals surface area contributed by atoms with Crippen molar-refractivity contribution in [3.63, 3.8) is 0 Å². The molecule has 2 aromatic heterocycles. The van der Waals surface area contributed by atoms with Crippen molar-refractivity contribution in [1.29, 1.82) is 0 Å². The monoisotopic (exact) mass is 481 g/mol. The van der Waals surface area contributed by atoms with Crippen LogP contribution in [0.3, 0.4) is 0 Å². The number of aromatic nitrogens is 3. The Balaban J connectivity index is 1.32. The van der Waals surface area contributed by atoms with Crippen LogP contribution in [0, 0.1) is 5.92 Å². The number of para-hydroxylation sites is 3. The molecule has 5 rings (SSSR count). The second-order valence-electron chi connectivity index (χ2n) is 8.54. The van der Waals surface area contributed by atoms with E-state index in [0.717, 1.165) is 22.5 Å². The smallest absolute Gasteiger partial charge is 0.227 e. The van der Waals surface area contributed by atoms with Gasteiger partial charge in [0, 0.05) is 49.2 Å². The minimum absolute atomic E-state index is 0.0864. The Kier molecular flexibility index (Phi) is 6.75. The van der Waals surface area contributed by atoms with Gasteiger partial charge in [-0.05, 0) is 43.3 Å². The lowest BCUT2D eigenvalue weighted by Gasteiger charge is -2.20. The summed E-state index contributed by atoms with van der Waals surface area (Å²) in [5.41, 5.74) is 4.19. The van der Waals surface area contributed by atoms with E-state index in [2.05, 4.69) is 10.3 Å². The first-order valence-corrected chi connectivity index (χ1v) is 12.0. The Bertz CT molecular complexity index is 1350. The van der Waals surface area contributed by atoms with E-state index in [0.29, 0.717) is 31.1 Å². The quantitative estimate of drug-likeness (QED) is 0.411. The molecule has 1 saturated heterocycles. The minimum Gasteiger partial charge on any atom is -0.492 e. The van der Waals surface area contributed by atoms with Crippen LogP contribution in [0.4, 0.5) is 5.69 Å². The van der Waals surface area contributed by atoms with Crippen LogP contribution in [-0.4, -0.2) is 39.7 Å². The van der Waals surface area contributed by atoms with Crippen molar-refractivity contribution in [2.45, 2.75) is 19.9 Å². The van der Waals surface area contributed by atoms with Gasteiger partial charge in [-0.1, -0.05) is 30.3 Å². The van der Waals surface area contributed by atoms with Gasteiger partial charge in [0.25, 0.3) is 0 Å². The molecule has 4 aromatic rings. The van der Waals surface area contributed by atoms with E-state index >= 15 is 0 Å². The lowest BCUT2D eigenvalue weighted by molar-refractivity contribution is -0.126. The zero-order chi connectivity index (χ0) is 24.9. The van der Waals surface area contributed by atoms with E-state index in [4.69, 9.17) is 9.84 Å². The number of amides is 2. The van der Waals surface area contributed by atoms with Crippen LogP contribution in [0.5, 0.6) is 5.75 Å². The van der Waals surface area contributed by atoms with Crippen molar-refractivity contribution in [2.75, 3.05) is 18.1 Å². The standard InChI is InChI=1S/C28H27N5O3/c1-2-36-25-11-7-6-10-24(25)32-18-21(16-26(32)34)28(35)30-17-22-19-33(23-8-4-3-5-9-23)31-27(22)20-12-14-29-15-13-20/h3-15,19,21H,2,16-18H2,1H3,(H,30,35). The molecule has 0 aliphatic carbocycles. The van der Waals surface area contributed by atoms with Crippen molar-refractivity contribution >= 4 is 17.5 Å². The second-order valence-corrected chi connectivity index (χ2v) is 8.54. The SMILES string of the molecule is CCOc1ccccc1N1CC(C(=O)NCc2cn(-c3ccccc3)nc2-c2ccncc2)CC1=O. The molecule has 1 fully saturated rings. The number of hydrogen-bond donors (Lipinski definition) is 1. The van der Waals surface area contributed by atoms with Gasteiger partial charge in [0.05, 0.1) is 29.6 Å². The molecule has 2 aromatic carbocycles. The zero-order valence-corrected chi connectivity index (χ0v) is 20.0. The van der Waals surface area contributed by atoms with Crippen molar-refractivity contribution in [1.82, 2.24) is 20.1 Å². The summed E-state index contributed by atoms with van der Waals surface area (Å²) in [6.45, 7) is 3.01.